The van der Waals surface area contributed by atoms with Gasteiger partial charge in [-0.3, -0.25) is 24.0 Å². The molecule has 0 spiro atoms. The number of rotatable bonds is 13. The molecule has 0 aromatic rings. The van der Waals surface area contributed by atoms with E-state index in [0.717, 1.165) is 12.8 Å². The minimum absolute atomic E-state index is 0.00906. The molecule has 2 aliphatic rings. The molecule has 4 atom stereocenters. The highest BCUT2D eigenvalue weighted by molar-refractivity contribution is 6.38. The third-order valence-electron chi connectivity index (χ3n) is 7.59. The van der Waals surface area contributed by atoms with Gasteiger partial charge >= 0.3 is 12.0 Å². The Kier molecular flexibility index (Phi) is 15.9. The van der Waals surface area contributed by atoms with Gasteiger partial charge in [0.15, 0.2) is 0 Å². The summed E-state index contributed by atoms with van der Waals surface area (Å²) in [5.41, 5.74) is -1.46. The molecular formula is C34H59N5O7. The van der Waals surface area contributed by atoms with Gasteiger partial charge in [-0.1, -0.05) is 73.8 Å². The molecule has 0 aromatic heterocycles. The van der Waals surface area contributed by atoms with Gasteiger partial charge in [-0.25, -0.2) is 4.79 Å². The first kappa shape index (κ1) is 40.6. The van der Waals surface area contributed by atoms with E-state index < -0.39 is 64.6 Å². The van der Waals surface area contributed by atoms with Gasteiger partial charge in [0.2, 0.25) is 17.6 Å². The summed E-state index contributed by atoms with van der Waals surface area (Å²) >= 11 is 0. The third-order valence-corrected chi connectivity index (χ3v) is 7.59. The summed E-state index contributed by atoms with van der Waals surface area (Å²) in [7, 11) is 0. The highest BCUT2D eigenvalue weighted by atomic mass is 16.6. The molecule has 262 valence electrons. The Hall–Kier alpha value is -3.44. The van der Waals surface area contributed by atoms with Crippen molar-refractivity contribution in [2.75, 3.05) is 19.6 Å². The second-order valence-corrected chi connectivity index (χ2v) is 14.8. The van der Waals surface area contributed by atoms with Gasteiger partial charge in [-0.05, 0) is 56.8 Å². The second kappa shape index (κ2) is 18.0. The molecule has 2 rings (SSSR count). The number of hydrogen-bond acceptors (Lipinski definition) is 7. The number of ether oxygens (including phenoxy) is 1. The summed E-state index contributed by atoms with van der Waals surface area (Å²) in [6.07, 6.45) is 5.29. The van der Waals surface area contributed by atoms with Crippen molar-refractivity contribution in [2.45, 2.75) is 125 Å². The van der Waals surface area contributed by atoms with Gasteiger partial charge < -0.3 is 30.9 Å². The van der Waals surface area contributed by atoms with Gasteiger partial charge in [0.1, 0.15) is 24.2 Å². The molecule has 1 aliphatic carbocycles. The summed E-state index contributed by atoms with van der Waals surface area (Å²) in [6, 6.07) is -3.64. The van der Waals surface area contributed by atoms with Crippen LogP contribution in [0.2, 0.25) is 0 Å². The molecule has 1 saturated carbocycles. The third kappa shape index (κ3) is 13.9. The highest BCUT2D eigenvalue weighted by Gasteiger charge is 2.46. The van der Waals surface area contributed by atoms with Crippen molar-refractivity contribution in [3.63, 3.8) is 0 Å². The molecule has 0 bridgehead atoms. The topological polar surface area (TPSA) is 163 Å². The van der Waals surface area contributed by atoms with Crippen LogP contribution in [0.1, 0.15) is 101 Å². The Morgan fingerprint density at radius 3 is 2.02 bits per heavy atom. The molecule has 1 aliphatic heterocycles. The zero-order valence-electron chi connectivity index (χ0n) is 29.7. The average Bonchev–Trinajstić information content (AvgIpc) is 3.64. The molecule has 3 unspecified atom stereocenters. The molecule has 2 fully saturated rings. The Labute approximate surface area is 275 Å². The van der Waals surface area contributed by atoms with E-state index in [0.29, 0.717) is 19.4 Å². The van der Waals surface area contributed by atoms with Crippen molar-refractivity contribution in [2.24, 2.45) is 23.2 Å². The van der Waals surface area contributed by atoms with Crippen LogP contribution in [-0.4, -0.2) is 83.8 Å². The monoisotopic (exact) mass is 649 g/mol. The molecular weight excluding hydrogens is 590 g/mol. The molecule has 0 aromatic carbocycles. The van der Waals surface area contributed by atoms with Crippen molar-refractivity contribution in [1.29, 1.82) is 0 Å². The van der Waals surface area contributed by atoms with Crippen LogP contribution in [0.4, 0.5) is 4.79 Å². The van der Waals surface area contributed by atoms with Crippen molar-refractivity contribution < 1.29 is 33.5 Å². The van der Waals surface area contributed by atoms with E-state index in [1.165, 1.54) is 17.4 Å². The standard InChI is InChI=1S/C31H51N5O7.C3H8/c1-10-13-32-27(40)24(38)21(14-19-11-12-19)34-26(39)22-15-20(18(2)3)17-36(22)28(41)25(30(4,5)6)35-29(42)33-16-23(37)43-31(7,8)9;1-3-2/h10,18-22,25H,1,11-17H2,2-9H3,(H,32,40)(H,34,39)(H2,33,35,42);3H2,1-2H3/t20-,21?,22?,25?;/m1./s1. The lowest BCUT2D eigenvalue weighted by Crippen LogP contribution is -2.60. The fraction of sp³-hybridized carbons (Fsp3) is 0.765. The molecule has 46 heavy (non-hydrogen) atoms. The van der Waals surface area contributed by atoms with E-state index in [-0.39, 0.29) is 30.8 Å². The van der Waals surface area contributed by atoms with E-state index >= 15 is 0 Å². The normalized spacial score (nSPS) is 19.2. The molecule has 12 nitrogen and oxygen atoms in total. The van der Waals surface area contributed by atoms with Crippen LogP contribution in [0.3, 0.4) is 0 Å². The van der Waals surface area contributed by atoms with E-state index in [2.05, 4.69) is 41.7 Å². The van der Waals surface area contributed by atoms with Crippen LogP contribution < -0.4 is 21.3 Å². The Balaban J connectivity index is 0.00000338. The number of esters is 1. The van der Waals surface area contributed by atoms with Crippen LogP contribution in [0.15, 0.2) is 12.7 Å². The minimum Gasteiger partial charge on any atom is -0.459 e. The summed E-state index contributed by atoms with van der Waals surface area (Å²) < 4.78 is 5.22. The first-order valence-electron chi connectivity index (χ1n) is 16.6. The van der Waals surface area contributed by atoms with E-state index in [1.807, 2.05) is 13.8 Å². The first-order valence-corrected chi connectivity index (χ1v) is 16.6. The predicted octanol–water partition coefficient (Wildman–Crippen LogP) is 3.49. The lowest BCUT2D eigenvalue weighted by atomic mass is 9.85. The maximum absolute atomic E-state index is 14.0. The van der Waals surface area contributed by atoms with Gasteiger partial charge in [0.25, 0.3) is 5.91 Å². The van der Waals surface area contributed by atoms with Gasteiger partial charge in [-0.15, -0.1) is 6.58 Å². The number of ketones is 1. The number of hydrogen-bond donors (Lipinski definition) is 4. The number of nitrogens with zero attached hydrogens (tertiary/aromatic N) is 1. The van der Waals surface area contributed by atoms with E-state index in [4.69, 9.17) is 4.74 Å². The fourth-order valence-corrected chi connectivity index (χ4v) is 4.97. The molecule has 4 N–H and O–H groups in total. The van der Waals surface area contributed by atoms with Crippen molar-refractivity contribution in [1.82, 2.24) is 26.2 Å². The van der Waals surface area contributed by atoms with Crippen LogP contribution in [-0.2, 0) is 28.7 Å². The Morgan fingerprint density at radius 2 is 1.54 bits per heavy atom. The predicted molar refractivity (Wildman–Crippen MR) is 178 cm³/mol. The maximum Gasteiger partial charge on any atom is 0.325 e. The number of carbonyl (C=O) groups is 6. The van der Waals surface area contributed by atoms with Crippen molar-refractivity contribution in [3.8, 4) is 0 Å². The highest BCUT2D eigenvalue weighted by Crippen LogP contribution is 2.35. The summed E-state index contributed by atoms with van der Waals surface area (Å²) in [5.74, 6) is -2.67. The number of Topliss-reactive ketones (excluding diaryl/α,β-unsaturated/α-hetero) is 1. The van der Waals surface area contributed by atoms with Crippen molar-refractivity contribution in [3.05, 3.63) is 12.7 Å². The van der Waals surface area contributed by atoms with Crippen molar-refractivity contribution >= 4 is 35.5 Å². The zero-order chi connectivity index (χ0) is 35.4. The molecule has 12 heteroatoms. The largest absolute Gasteiger partial charge is 0.459 e. The lowest BCUT2D eigenvalue weighted by molar-refractivity contribution is -0.153. The smallest absolute Gasteiger partial charge is 0.325 e. The second-order valence-electron chi connectivity index (χ2n) is 14.8. The Morgan fingerprint density at radius 1 is 0.957 bits per heavy atom. The number of carbonyl (C=O) groups excluding carboxylic acids is 6. The Bertz CT molecular complexity index is 1090. The summed E-state index contributed by atoms with van der Waals surface area (Å²) in [4.78, 5) is 79.5. The summed E-state index contributed by atoms with van der Waals surface area (Å²) in [6.45, 7) is 22.4. The van der Waals surface area contributed by atoms with Crippen LogP contribution in [0, 0.1) is 23.2 Å². The van der Waals surface area contributed by atoms with E-state index in [9.17, 15) is 28.8 Å². The van der Waals surface area contributed by atoms with Crippen LogP contribution >= 0.6 is 0 Å². The lowest BCUT2D eigenvalue weighted by Gasteiger charge is -2.35. The quantitative estimate of drug-likeness (QED) is 0.135. The van der Waals surface area contributed by atoms with Gasteiger partial charge in [0, 0.05) is 13.1 Å². The average molecular weight is 650 g/mol. The van der Waals surface area contributed by atoms with Gasteiger partial charge in [-0.2, -0.15) is 0 Å². The maximum atomic E-state index is 14.0. The number of amides is 5. The SMILES string of the molecule is C=CCNC(=O)C(=O)C(CC1CC1)NC(=O)C1C[C@@H](C(C)C)CN1C(=O)C(NC(=O)NCC(=O)OC(C)(C)C)C(C)(C)C.CCC. The fourth-order valence-electron chi connectivity index (χ4n) is 4.97. The first-order chi connectivity index (χ1) is 21.2. The molecule has 0 radical (unpaired) electrons. The number of likely N-dealkylation sites (tertiary alicyclic amines) is 1. The van der Waals surface area contributed by atoms with Crippen LogP contribution in [0.25, 0.3) is 0 Å². The summed E-state index contributed by atoms with van der Waals surface area (Å²) in [5, 5.41) is 10.4. The van der Waals surface area contributed by atoms with E-state index in [1.54, 1.807) is 41.5 Å². The van der Waals surface area contributed by atoms with Gasteiger partial charge in [0.05, 0.1) is 6.04 Å². The molecule has 1 heterocycles. The minimum atomic E-state index is -1.03. The molecule has 5 amide bonds. The number of nitrogens with one attached hydrogen (secondary N) is 4. The van der Waals surface area contributed by atoms with Crippen LogP contribution in [0.5, 0.6) is 0 Å². The molecule has 1 saturated heterocycles. The zero-order valence-corrected chi connectivity index (χ0v) is 29.7. The number of urea groups is 1.